The lowest BCUT2D eigenvalue weighted by molar-refractivity contribution is -0.146. The molecule has 2 heterocycles. The van der Waals surface area contributed by atoms with E-state index >= 15 is 0 Å². The van der Waals surface area contributed by atoms with Gasteiger partial charge in [-0.1, -0.05) is 43.2 Å². The van der Waals surface area contributed by atoms with Gasteiger partial charge in [-0.25, -0.2) is 4.79 Å². The first-order valence-corrected chi connectivity index (χ1v) is 14.2. The molecule has 4 rings (SSSR count). The van der Waals surface area contributed by atoms with Crippen LogP contribution in [-0.4, -0.2) is 61.6 Å². The maximum absolute atomic E-state index is 13.9. The standard InChI is InChI=1S/C29H44N4O4/c30-26(34)29(15-4-5-16-29)27(35)33(19-12-22-6-2-1-3-7-22)28(36)32-25(24-10-17-31-18-11-24)9-8-23-13-20-37-21-14-23/h1-3,6-7,23-25,31H,4-5,8-21H2,(H2,30,34)(H,32,36)/t25-/m1/s1. The molecule has 0 radical (unpaired) electrons. The summed E-state index contributed by atoms with van der Waals surface area (Å²) in [6.07, 6.45) is 8.97. The summed E-state index contributed by atoms with van der Waals surface area (Å²) in [5.74, 6) is -0.0589. The summed E-state index contributed by atoms with van der Waals surface area (Å²) in [5, 5.41) is 6.70. The van der Waals surface area contributed by atoms with Crippen LogP contribution in [0.3, 0.4) is 0 Å². The van der Waals surface area contributed by atoms with Crippen molar-refractivity contribution in [3.05, 3.63) is 35.9 Å². The van der Waals surface area contributed by atoms with Crippen LogP contribution in [-0.2, 0) is 20.7 Å². The molecule has 4 N–H and O–H groups in total. The quantitative estimate of drug-likeness (QED) is 0.416. The Morgan fingerprint density at radius 1 is 1.05 bits per heavy atom. The van der Waals surface area contributed by atoms with Crippen LogP contribution < -0.4 is 16.4 Å². The highest BCUT2D eigenvalue weighted by Gasteiger charge is 2.50. The Kier molecular flexibility index (Phi) is 9.97. The van der Waals surface area contributed by atoms with Gasteiger partial charge < -0.3 is 21.1 Å². The summed E-state index contributed by atoms with van der Waals surface area (Å²) < 4.78 is 5.53. The molecule has 1 saturated carbocycles. The highest BCUT2D eigenvalue weighted by atomic mass is 16.5. The smallest absolute Gasteiger partial charge is 0.324 e. The third kappa shape index (κ3) is 7.11. The van der Waals surface area contributed by atoms with Crippen molar-refractivity contribution in [2.45, 2.75) is 76.7 Å². The number of nitrogens with zero attached hydrogens (tertiary/aromatic N) is 1. The van der Waals surface area contributed by atoms with E-state index in [4.69, 9.17) is 10.5 Å². The number of hydrogen-bond donors (Lipinski definition) is 3. The molecule has 204 valence electrons. The van der Waals surface area contributed by atoms with E-state index in [0.29, 0.717) is 31.1 Å². The first kappa shape index (κ1) is 27.6. The van der Waals surface area contributed by atoms with Crippen LogP contribution in [0, 0.1) is 17.3 Å². The number of nitrogens with one attached hydrogen (secondary N) is 2. The third-order valence-electron chi connectivity index (χ3n) is 8.78. The Morgan fingerprint density at radius 3 is 2.38 bits per heavy atom. The van der Waals surface area contributed by atoms with Crippen molar-refractivity contribution in [3.8, 4) is 0 Å². The monoisotopic (exact) mass is 512 g/mol. The number of ether oxygens (including phenoxy) is 1. The third-order valence-corrected chi connectivity index (χ3v) is 8.78. The van der Waals surface area contributed by atoms with Crippen LogP contribution in [0.15, 0.2) is 30.3 Å². The van der Waals surface area contributed by atoms with Crippen molar-refractivity contribution >= 4 is 17.8 Å². The molecule has 2 saturated heterocycles. The first-order chi connectivity index (χ1) is 18.0. The normalized spacial score (nSPS) is 21.3. The molecule has 1 atom stereocenters. The van der Waals surface area contributed by atoms with E-state index in [-0.39, 0.29) is 18.6 Å². The predicted molar refractivity (Wildman–Crippen MR) is 143 cm³/mol. The molecule has 1 aliphatic carbocycles. The Bertz CT molecular complexity index is 890. The topological polar surface area (TPSA) is 114 Å². The van der Waals surface area contributed by atoms with Gasteiger partial charge in [0.1, 0.15) is 5.41 Å². The fourth-order valence-electron chi connectivity index (χ4n) is 6.34. The van der Waals surface area contributed by atoms with E-state index in [1.807, 2.05) is 30.3 Å². The molecule has 8 heteroatoms. The van der Waals surface area contributed by atoms with Crippen LogP contribution in [0.4, 0.5) is 4.79 Å². The molecule has 0 unspecified atom stereocenters. The minimum Gasteiger partial charge on any atom is -0.381 e. The zero-order chi connectivity index (χ0) is 26.1. The fraction of sp³-hybridized carbons (Fsp3) is 0.690. The van der Waals surface area contributed by atoms with Gasteiger partial charge in [-0.2, -0.15) is 0 Å². The lowest BCUT2D eigenvalue weighted by atomic mass is 9.83. The second kappa shape index (κ2) is 13.4. The van der Waals surface area contributed by atoms with Crippen LogP contribution >= 0.6 is 0 Å². The van der Waals surface area contributed by atoms with E-state index in [1.54, 1.807) is 0 Å². The molecule has 0 spiro atoms. The van der Waals surface area contributed by atoms with Crippen LogP contribution in [0.2, 0.25) is 0 Å². The van der Waals surface area contributed by atoms with E-state index in [2.05, 4.69) is 10.6 Å². The van der Waals surface area contributed by atoms with Gasteiger partial charge >= 0.3 is 6.03 Å². The predicted octanol–water partition coefficient (Wildman–Crippen LogP) is 3.39. The molecule has 0 bridgehead atoms. The van der Waals surface area contributed by atoms with Crippen LogP contribution in [0.1, 0.15) is 69.8 Å². The second-order valence-corrected chi connectivity index (χ2v) is 11.1. The summed E-state index contributed by atoms with van der Waals surface area (Å²) in [7, 11) is 0. The van der Waals surface area contributed by atoms with Gasteiger partial charge in [0, 0.05) is 25.8 Å². The number of nitrogens with two attached hydrogens (primary N) is 1. The minimum atomic E-state index is -1.28. The van der Waals surface area contributed by atoms with Crippen LogP contribution in [0.25, 0.3) is 0 Å². The summed E-state index contributed by atoms with van der Waals surface area (Å²) in [4.78, 5) is 41.5. The van der Waals surface area contributed by atoms with Gasteiger partial charge in [-0.3, -0.25) is 14.5 Å². The zero-order valence-electron chi connectivity index (χ0n) is 22.1. The maximum Gasteiger partial charge on any atom is 0.324 e. The molecule has 3 fully saturated rings. The van der Waals surface area contributed by atoms with Gasteiger partial charge in [0.2, 0.25) is 11.8 Å². The molecular weight excluding hydrogens is 468 g/mol. The molecule has 0 aromatic heterocycles. The van der Waals surface area contributed by atoms with E-state index in [0.717, 1.165) is 83.2 Å². The summed E-state index contributed by atoms with van der Waals surface area (Å²) >= 11 is 0. The zero-order valence-corrected chi connectivity index (χ0v) is 22.1. The molecular formula is C29H44N4O4. The Labute approximate surface area is 221 Å². The van der Waals surface area contributed by atoms with E-state index in [9.17, 15) is 14.4 Å². The number of rotatable bonds is 10. The van der Waals surface area contributed by atoms with Crippen molar-refractivity contribution in [2.24, 2.45) is 23.0 Å². The lowest BCUT2D eigenvalue weighted by Gasteiger charge is -2.36. The average Bonchev–Trinajstić information content (AvgIpc) is 3.44. The number of imide groups is 1. The van der Waals surface area contributed by atoms with Crippen LogP contribution in [0.5, 0.6) is 0 Å². The highest BCUT2D eigenvalue weighted by molar-refractivity contribution is 6.09. The maximum atomic E-state index is 13.9. The molecule has 8 nitrogen and oxygen atoms in total. The largest absolute Gasteiger partial charge is 0.381 e. The van der Waals surface area contributed by atoms with Gasteiger partial charge in [-0.15, -0.1) is 0 Å². The van der Waals surface area contributed by atoms with Gasteiger partial charge in [0.15, 0.2) is 0 Å². The average molecular weight is 513 g/mol. The molecule has 2 aliphatic heterocycles. The van der Waals surface area contributed by atoms with Gasteiger partial charge in [0.05, 0.1) is 0 Å². The number of primary amides is 1. The van der Waals surface area contributed by atoms with Crippen molar-refractivity contribution in [1.82, 2.24) is 15.5 Å². The number of hydrogen-bond acceptors (Lipinski definition) is 5. The van der Waals surface area contributed by atoms with Gasteiger partial charge in [0.25, 0.3) is 0 Å². The number of amides is 4. The highest BCUT2D eigenvalue weighted by Crippen LogP contribution is 2.40. The number of benzene rings is 1. The summed E-state index contributed by atoms with van der Waals surface area (Å²) in [6.45, 7) is 3.73. The molecule has 1 aromatic rings. The number of urea groups is 1. The molecule has 4 amide bonds. The van der Waals surface area contributed by atoms with E-state index < -0.39 is 17.2 Å². The number of carbonyl (C=O) groups is 3. The van der Waals surface area contributed by atoms with Crippen molar-refractivity contribution in [1.29, 1.82) is 0 Å². The van der Waals surface area contributed by atoms with Gasteiger partial charge in [-0.05, 0) is 88.3 Å². The number of carbonyl (C=O) groups excluding carboxylic acids is 3. The molecule has 3 aliphatic rings. The van der Waals surface area contributed by atoms with Crippen molar-refractivity contribution in [2.75, 3.05) is 32.8 Å². The van der Waals surface area contributed by atoms with Crippen molar-refractivity contribution in [3.63, 3.8) is 0 Å². The van der Waals surface area contributed by atoms with Crippen molar-refractivity contribution < 1.29 is 19.1 Å². The Morgan fingerprint density at radius 2 is 1.73 bits per heavy atom. The lowest BCUT2D eigenvalue weighted by Crippen LogP contribution is -2.57. The molecule has 1 aromatic carbocycles. The fourth-order valence-corrected chi connectivity index (χ4v) is 6.34. The summed E-state index contributed by atoms with van der Waals surface area (Å²) in [6, 6.07) is 9.44. The van der Waals surface area contributed by atoms with E-state index in [1.165, 1.54) is 4.90 Å². The number of piperidine rings is 1. The SMILES string of the molecule is NC(=O)C1(C(=O)N(CCc2ccccc2)C(=O)N[C@H](CCC2CCOCC2)C2CCNCC2)CCCC1. The summed E-state index contributed by atoms with van der Waals surface area (Å²) in [5.41, 5.74) is 5.56. The Balaban J connectivity index is 1.51. The molecule has 37 heavy (non-hydrogen) atoms. The first-order valence-electron chi connectivity index (χ1n) is 14.2. The minimum absolute atomic E-state index is 0.00224. The second-order valence-electron chi connectivity index (χ2n) is 11.1. The Hall–Kier alpha value is -2.45.